The van der Waals surface area contributed by atoms with Crippen LogP contribution in [0.15, 0.2) is 34.8 Å². The average Bonchev–Trinajstić information content (AvgIpc) is 2.64. The summed E-state index contributed by atoms with van der Waals surface area (Å²) < 4.78 is 12.6. The largest absolute Gasteiger partial charge is 0.490 e. The van der Waals surface area contributed by atoms with Crippen LogP contribution in [0.5, 0.6) is 11.5 Å². The fourth-order valence-corrected chi connectivity index (χ4v) is 3.41. The number of rotatable bonds is 10. The molecule has 0 aromatic heterocycles. The van der Waals surface area contributed by atoms with Gasteiger partial charge in [-0.2, -0.15) is 0 Å². The Morgan fingerprint density at radius 1 is 1.07 bits per heavy atom. The molecule has 0 saturated heterocycles. The molecule has 27 heavy (non-hydrogen) atoms. The van der Waals surface area contributed by atoms with Gasteiger partial charge in [-0.3, -0.25) is 0 Å². The first-order valence-electron chi connectivity index (χ1n) is 8.84. The van der Waals surface area contributed by atoms with Crippen LogP contribution in [0, 0.1) is 0 Å². The Morgan fingerprint density at radius 2 is 1.81 bits per heavy atom. The highest BCUT2D eigenvalue weighted by Crippen LogP contribution is 2.35. The highest BCUT2D eigenvalue weighted by atomic mass is 79.9. The maximum absolute atomic E-state index is 9.34. The molecule has 0 saturated carbocycles. The van der Waals surface area contributed by atoms with Gasteiger partial charge in [0.05, 0.1) is 13.2 Å². The van der Waals surface area contributed by atoms with E-state index in [1.54, 1.807) is 12.1 Å². The van der Waals surface area contributed by atoms with Crippen LogP contribution in [0.2, 0.25) is 10.0 Å². The predicted molar refractivity (Wildman–Crippen MR) is 114 cm³/mol. The van der Waals surface area contributed by atoms with E-state index in [4.69, 9.17) is 32.7 Å². The van der Waals surface area contributed by atoms with E-state index >= 15 is 0 Å². The van der Waals surface area contributed by atoms with Crippen LogP contribution in [-0.4, -0.2) is 24.4 Å². The predicted octanol–water partition coefficient (Wildman–Crippen LogP) is 5.59. The second-order valence-electron chi connectivity index (χ2n) is 6.02. The molecular formula is C20H24BrCl2NO3. The fraction of sp³-hybridized carbons (Fsp3) is 0.400. The maximum Gasteiger partial charge on any atom is 0.162 e. The van der Waals surface area contributed by atoms with Crippen molar-refractivity contribution < 1.29 is 14.6 Å². The molecule has 0 radical (unpaired) electrons. The third kappa shape index (κ3) is 6.54. The summed E-state index contributed by atoms with van der Waals surface area (Å²) in [7, 11) is 0. The molecule has 0 bridgehead atoms. The normalized spacial score (nSPS) is 12.1. The highest BCUT2D eigenvalue weighted by Gasteiger charge is 2.13. The number of nitrogens with one attached hydrogen (secondary N) is 1. The van der Waals surface area contributed by atoms with Crippen LogP contribution < -0.4 is 14.8 Å². The monoisotopic (exact) mass is 475 g/mol. The first-order valence-corrected chi connectivity index (χ1v) is 10.4. The minimum Gasteiger partial charge on any atom is -0.490 e. The molecule has 2 aromatic carbocycles. The lowest BCUT2D eigenvalue weighted by Gasteiger charge is -2.18. The number of hydrogen-bond acceptors (Lipinski definition) is 4. The van der Waals surface area contributed by atoms with Gasteiger partial charge >= 0.3 is 0 Å². The van der Waals surface area contributed by atoms with Gasteiger partial charge in [-0.15, -0.1) is 0 Å². The molecule has 0 aliphatic heterocycles. The van der Waals surface area contributed by atoms with E-state index < -0.39 is 0 Å². The van der Waals surface area contributed by atoms with Crippen molar-refractivity contribution in [1.29, 1.82) is 0 Å². The van der Waals surface area contributed by atoms with E-state index in [2.05, 4.69) is 21.2 Å². The van der Waals surface area contributed by atoms with Crippen molar-refractivity contribution in [3.05, 3.63) is 56.0 Å². The summed E-state index contributed by atoms with van der Waals surface area (Å²) in [6.07, 6.45) is 0.857. The number of hydrogen-bond donors (Lipinski definition) is 2. The Bertz CT molecular complexity index is 754. The van der Waals surface area contributed by atoms with Crippen molar-refractivity contribution in [2.75, 3.05) is 13.2 Å². The zero-order chi connectivity index (χ0) is 19.8. The van der Waals surface area contributed by atoms with Crippen molar-refractivity contribution in [2.24, 2.45) is 0 Å². The number of aliphatic hydroxyl groups excluding tert-OH is 1. The number of ether oxygens (including phenoxy) is 2. The molecule has 2 aromatic rings. The fourth-order valence-electron chi connectivity index (χ4n) is 2.48. The van der Waals surface area contributed by atoms with E-state index in [9.17, 15) is 5.11 Å². The lowest BCUT2D eigenvalue weighted by molar-refractivity contribution is 0.238. The molecule has 2 rings (SSSR count). The van der Waals surface area contributed by atoms with Crippen molar-refractivity contribution in [3.63, 3.8) is 0 Å². The van der Waals surface area contributed by atoms with E-state index in [-0.39, 0.29) is 12.6 Å². The van der Waals surface area contributed by atoms with Crippen molar-refractivity contribution in [1.82, 2.24) is 5.32 Å². The minimum atomic E-state index is 0.0652. The van der Waals surface area contributed by atoms with E-state index in [1.807, 2.05) is 32.0 Å². The van der Waals surface area contributed by atoms with Crippen LogP contribution in [-0.2, 0) is 13.2 Å². The standard InChI is InChI=1S/C20H24BrCl2NO3/c1-3-16(11-25)24-10-14-7-19(26-4-2)20(9-17(14)21)27-12-13-5-6-15(22)8-18(13)23/h5-9,16,24-25H,3-4,10-12H2,1-2H3. The van der Waals surface area contributed by atoms with Crippen LogP contribution in [0.25, 0.3) is 0 Å². The molecular weight excluding hydrogens is 453 g/mol. The van der Waals surface area contributed by atoms with E-state index in [0.29, 0.717) is 41.3 Å². The zero-order valence-electron chi connectivity index (χ0n) is 15.4. The van der Waals surface area contributed by atoms with Gasteiger partial charge in [0.1, 0.15) is 6.61 Å². The van der Waals surface area contributed by atoms with Crippen LogP contribution in [0.4, 0.5) is 0 Å². The molecule has 1 unspecified atom stereocenters. The SMILES string of the molecule is CCOc1cc(CNC(CC)CO)c(Br)cc1OCc1ccc(Cl)cc1Cl. The van der Waals surface area contributed by atoms with Crippen molar-refractivity contribution in [3.8, 4) is 11.5 Å². The summed E-state index contributed by atoms with van der Waals surface area (Å²) in [4.78, 5) is 0. The van der Waals surface area contributed by atoms with Gasteiger partial charge in [0.2, 0.25) is 0 Å². The summed E-state index contributed by atoms with van der Waals surface area (Å²) in [6.45, 7) is 5.52. The lowest BCUT2D eigenvalue weighted by atomic mass is 10.1. The summed E-state index contributed by atoms with van der Waals surface area (Å²) >= 11 is 15.8. The quantitative estimate of drug-likeness (QED) is 0.469. The first-order chi connectivity index (χ1) is 13.0. The van der Waals surface area contributed by atoms with Gasteiger partial charge in [-0.25, -0.2) is 0 Å². The van der Waals surface area contributed by atoms with Crippen molar-refractivity contribution >= 4 is 39.1 Å². The van der Waals surface area contributed by atoms with Gasteiger partial charge in [-0.05, 0) is 43.2 Å². The molecule has 0 aliphatic carbocycles. The van der Waals surface area contributed by atoms with Gasteiger partial charge in [0, 0.05) is 32.7 Å². The second-order valence-corrected chi connectivity index (χ2v) is 7.71. The third-order valence-corrected chi connectivity index (χ3v) is 5.43. The van der Waals surface area contributed by atoms with E-state index in [1.165, 1.54) is 0 Å². The Morgan fingerprint density at radius 3 is 2.44 bits per heavy atom. The molecule has 4 nitrogen and oxygen atoms in total. The second kappa shape index (κ2) is 11.1. The molecule has 2 N–H and O–H groups in total. The third-order valence-electron chi connectivity index (χ3n) is 4.11. The first kappa shape index (κ1) is 22.3. The molecule has 0 aliphatic rings. The summed E-state index contributed by atoms with van der Waals surface area (Å²) in [5.74, 6) is 1.30. The van der Waals surface area contributed by atoms with E-state index in [0.717, 1.165) is 22.0 Å². The Labute approximate surface area is 178 Å². The highest BCUT2D eigenvalue weighted by molar-refractivity contribution is 9.10. The maximum atomic E-state index is 9.34. The van der Waals surface area contributed by atoms with Crippen molar-refractivity contribution in [2.45, 2.75) is 39.5 Å². The molecule has 7 heteroatoms. The average molecular weight is 477 g/mol. The van der Waals surface area contributed by atoms with Crippen LogP contribution >= 0.6 is 39.1 Å². The van der Waals surface area contributed by atoms with Gasteiger partial charge in [0.15, 0.2) is 11.5 Å². The Kier molecular flexibility index (Phi) is 9.19. The number of benzene rings is 2. The minimum absolute atomic E-state index is 0.0652. The molecule has 0 amide bonds. The summed E-state index contributed by atoms with van der Waals surface area (Å²) in [5, 5.41) is 13.8. The zero-order valence-corrected chi connectivity index (χ0v) is 18.5. The van der Waals surface area contributed by atoms with Gasteiger partial charge in [0.25, 0.3) is 0 Å². The molecule has 0 heterocycles. The number of halogens is 3. The molecule has 148 valence electrons. The topological polar surface area (TPSA) is 50.7 Å². The Hall–Kier alpha value is -0.980. The smallest absolute Gasteiger partial charge is 0.162 e. The molecule has 0 spiro atoms. The number of aliphatic hydroxyl groups is 1. The molecule has 1 atom stereocenters. The molecule has 0 fully saturated rings. The summed E-state index contributed by atoms with van der Waals surface area (Å²) in [6, 6.07) is 9.23. The van der Waals surface area contributed by atoms with Gasteiger partial charge < -0.3 is 19.9 Å². The van der Waals surface area contributed by atoms with Gasteiger partial charge in [-0.1, -0.05) is 52.1 Å². The lowest BCUT2D eigenvalue weighted by Crippen LogP contribution is -2.31. The van der Waals surface area contributed by atoms with Crippen LogP contribution in [0.3, 0.4) is 0 Å². The summed E-state index contributed by atoms with van der Waals surface area (Å²) in [5.41, 5.74) is 1.88. The Balaban J connectivity index is 2.16. The van der Waals surface area contributed by atoms with Crippen LogP contribution in [0.1, 0.15) is 31.4 Å².